The summed E-state index contributed by atoms with van der Waals surface area (Å²) in [5.41, 5.74) is 0.522. The first-order chi connectivity index (χ1) is 13.8. The normalized spacial score (nSPS) is 12.2. The van der Waals surface area contributed by atoms with Gasteiger partial charge in [0.25, 0.3) is 5.56 Å². The summed E-state index contributed by atoms with van der Waals surface area (Å²) in [7, 11) is 4.13. The number of para-hydroxylation sites is 1. The van der Waals surface area contributed by atoms with Gasteiger partial charge in [-0.3, -0.25) is 19.0 Å². The highest BCUT2D eigenvalue weighted by atomic mass is 32.2. The maximum atomic E-state index is 13.0. The minimum absolute atomic E-state index is 0.0768. The minimum Gasteiger partial charge on any atom is -0.355 e. The molecule has 0 fully saturated rings. The number of quaternary nitrogens is 1. The standard InChI is InChI=1S/C20H29N5O3S/c1-5-21-18(27)14(2)22-17(26)13-29-20-23-16-10-7-6-9-15(16)19(28)25(20)12-8-11-24(3)4/h6-7,9-10,14H,5,8,11-13H2,1-4H3,(H,21,27)(H,22,26)/p+1/t14-/m1/s1. The zero-order valence-corrected chi connectivity index (χ0v) is 18.3. The molecule has 2 amide bonds. The summed E-state index contributed by atoms with van der Waals surface area (Å²) in [5.74, 6) is -0.425. The Kier molecular flexibility index (Phi) is 8.66. The van der Waals surface area contributed by atoms with Crippen LogP contribution < -0.4 is 21.1 Å². The molecule has 2 aromatic rings. The number of hydrogen-bond donors (Lipinski definition) is 3. The van der Waals surface area contributed by atoms with Gasteiger partial charge in [-0.15, -0.1) is 0 Å². The quantitative estimate of drug-likeness (QED) is 0.361. The number of benzene rings is 1. The fraction of sp³-hybridized carbons (Fsp3) is 0.500. The largest absolute Gasteiger partial charge is 0.355 e. The van der Waals surface area contributed by atoms with Gasteiger partial charge in [-0.05, 0) is 26.0 Å². The molecule has 1 heterocycles. The van der Waals surface area contributed by atoms with Crippen molar-refractivity contribution < 1.29 is 14.5 Å². The topological polar surface area (TPSA) is 97.5 Å². The van der Waals surface area contributed by atoms with E-state index in [1.54, 1.807) is 23.6 Å². The van der Waals surface area contributed by atoms with E-state index in [2.05, 4.69) is 29.7 Å². The average Bonchev–Trinajstić information content (AvgIpc) is 2.68. The second-order valence-corrected chi connectivity index (χ2v) is 8.09. The molecule has 158 valence electrons. The SMILES string of the molecule is CCNC(=O)[C@@H](C)NC(=O)CSc1nc2ccccc2c(=O)n1CCC[NH+](C)C. The summed E-state index contributed by atoms with van der Waals surface area (Å²) in [6.07, 6.45) is 0.830. The Hall–Kier alpha value is -2.39. The van der Waals surface area contributed by atoms with Crippen molar-refractivity contribution in [2.45, 2.75) is 38.0 Å². The van der Waals surface area contributed by atoms with Gasteiger partial charge in [0.05, 0.1) is 37.3 Å². The van der Waals surface area contributed by atoms with Gasteiger partial charge in [-0.1, -0.05) is 23.9 Å². The highest BCUT2D eigenvalue weighted by Gasteiger charge is 2.17. The van der Waals surface area contributed by atoms with E-state index in [-0.39, 0.29) is 23.1 Å². The lowest BCUT2D eigenvalue weighted by atomic mass is 10.2. The molecule has 0 aliphatic rings. The molecule has 29 heavy (non-hydrogen) atoms. The molecule has 2 rings (SSSR count). The van der Waals surface area contributed by atoms with Gasteiger partial charge < -0.3 is 15.5 Å². The van der Waals surface area contributed by atoms with Gasteiger partial charge in [0, 0.05) is 19.5 Å². The molecule has 0 aliphatic carbocycles. The molecule has 0 bridgehead atoms. The number of carbonyl (C=O) groups is 2. The Balaban J connectivity index is 2.16. The van der Waals surface area contributed by atoms with Gasteiger partial charge in [0.1, 0.15) is 6.04 Å². The number of likely N-dealkylation sites (N-methyl/N-ethyl adjacent to an activating group) is 1. The van der Waals surface area contributed by atoms with Gasteiger partial charge in [-0.2, -0.15) is 0 Å². The molecule has 0 spiro atoms. The van der Waals surface area contributed by atoms with Crippen LogP contribution in [0.2, 0.25) is 0 Å². The van der Waals surface area contributed by atoms with E-state index in [0.29, 0.717) is 29.1 Å². The van der Waals surface area contributed by atoms with E-state index in [4.69, 9.17) is 0 Å². The molecular formula is C20H30N5O3S+. The first-order valence-corrected chi connectivity index (χ1v) is 10.8. The predicted molar refractivity (Wildman–Crippen MR) is 115 cm³/mol. The summed E-state index contributed by atoms with van der Waals surface area (Å²) in [6.45, 7) is 5.44. The Morgan fingerprint density at radius 2 is 2.00 bits per heavy atom. The van der Waals surface area contributed by atoms with Crippen molar-refractivity contribution in [2.24, 2.45) is 0 Å². The van der Waals surface area contributed by atoms with Crippen LogP contribution in [-0.2, 0) is 16.1 Å². The maximum Gasteiger partial charge on any atom is 0.262 e. The fourth-order valence-electron chi connectivity index (χ4n) is 2.85. The number of nitrogens with one attached hydrogen (secondary N) is 3. The lowest BCUT2D eigenvalue weighted by Gasteiger charge is -2.15. The van der Waals surface area contributed by atoms with Gasteiger partial charge in [-0.25, -0.2) is 4.98 Å². The van der Waals surface area contributed by atoms with E-state index >= 15 is 0 Å². The molecule has 1 aromatic carbocycles. The van der Waals surface area contributed by atoms with Crippen LogP contribution >= 0.6 is 11.8 Å². The lowest BCUT2D eigenvalue weighted by molar-refractivity contribution is -0.858. The molecule has 8 nitrogen and oxygen atoms in total. The summed E-state index contributed by atoms with van der Waals surface area (Å²) < 4.78 is 1.65. The van der Waals surface area contributed by atoms with Gasteiger partial charge in [0.15, 0.2) is 5.16 Å². The number of aromatic nitrogens is 2. The van der Waals surface area contributed by atoms with Gasteiger partial charge in [0.2, 0.25) is 11.8 Å². The van der Waals surface area contributed by atoms with Crippen molar-refractivity contribution in [3.8, 4) is 0 Å². The highest BCUT2D eigenvalue weighted by molar-refractivity contribution is 7.99. The second kappa shape index (κ2) is 11.0. The number of rotatable bonds is 10. The number of hydrogen-bond acceptors (Lipinski definition) is 5. The number of nitrogens with zero attached hydrogens (tertiary/aromatic N) is 2. The van der Waals surface area contributed by atoms with Crippen molar-refractivity contribution >= 4 is 34.5 Å². The third-order valence-corrected chi connectivity index (χ3v) is 5.32. The first kappa shape index (κ1) is 22.9. The van der Waals surface area contributed by atoms with Crippen LogP contribution in [0.1, 0.15) is 20.3 Å². The van der Waals surface area contributed by atoms with E-state index in [0.717, 1.165) is 13.0 Å². The van der Waals surface area contributed by atoms with Crippen LogP contribution in [0.25, 0.3) is 10.9 Å². The predicted octanol–water partition coefficient (Wildman–Crippen LogP) is -0.336. The smallest absolute Gasteiger partial charge is 0.262 e. The monoisotopic (exact) mass is 420 g/mol. The van der Waals surface area contributed by atoms with Gasteiger partial charge >= 0.3 is 0 Å². The van der Waals surface area contributed by atoms with Crippen molar-refractivity contribution in [2.75, 3.05) is 32.9 Å². The van der Waals surface area contributed by atoms with Crippen molar-refractivity contribution in [1.29, 1.82) is 0 Å². The number of carbonyl (C=O) groups excluding carboxylic acids is 2. The molecule has 1 aromatic heterocycles. The Morgan fingerprint density at radius 1 is 1.28 bits per heavy atom. The van der Waals surface area contributed by atoms with Crippen LogP contribution in [-0.4, -0.2) is 60.3 Å². The molecule has 0 saturated carbocycles. The van der Waals surface area contributed by atoms with Crippen molar-refractivity contribution in [1.82, 2.24) is 20.2 Å². The van der Waals surface area contributed by atoms with Crippen molar-refractivity contribution in [3.05, 3.63) is 34.6 Å². The third kappa shape index (κ3) is 6.57. The zero-order valence-electron chi connectivity index (χ0n) is 17.4. The number of amides is 2. The van der Waals surface area contributed by atoms with E-state index < -0.39 is 6.04 Å². The molecule has 0 aliphatic heterocycles. The summed E-state index contributed by atoms with van der Waals surface area (Å²) >= 11 is 1.21. The Bertz CT molecular complexity index is 913. The summed E-state index contributed by atoms with van der Waals surface area (Å²) in [4.78, 5) is 42.9. The average molecular weight is 421 g/mol. The fourth-order valence-corrected chi connectivity index (χ4v) is 3.69. The number of fused-ring (bicyclic) bond motifs is 1. The molecule has 9 heteroatoms. The Morgan fingerprint density at radius 3 is 2.69 bits per heavy atom. The summed E-state index contributed by atoms with van der Waals surface area (Å²) in [5, 5.41) is 6.44. The molecule has 0 radical (unpaired) electrons. The van der Waals surface area contributed by atoms with E-state index in [1.165, 1.54) is 16.7 Å². The molecule has 0 unspecified atom stereocenters. The van der Waals surface area contributed by atoms with E-state index in [9.17, 15) is 14.4 Å². The zero-order chi connectivity index (χ0) is 21.4. The first-order valence-electron chi connectivity index (χ1n) is 9.82. The molecule has 3 N–H and O–H groups in total. The third-order valence-electron chi connectivity index (χ3n) is 4.34. The lowest BCUT2D eigenvalue weighted by Crippen LogP contribution is -3.05. The van der Waals surface area contributed by atoms with Crippen LogP contribution in [0.15, 0.2) is 34.2 Å². The maximum absolute atomic E-state index is 13.0. The van der Waals surface area contributed by atoms with Crippen LogP contribution in [0.5, 0.6) is 0 Å². The van der Waals surface area contributed by atoms with Crippen LogP contribution in [0, 0.1) is 0 Å². The molecular weight excluding hydrogens is 390 g/mol. The number of thioether (sulfide) groups is 1. The minimum atomic E-state index is -0.613. The summed E-state index contributed by atoms with van der Waals surface area (Å²) in [6, 6.07) is 6.62. The van der Waals surface area contributed by atoms with Crippen LogP contribution in [0.4, 0.5) is 0 Å². The van der Waals surface area contributed by atoms with E-state index in [1.807, 2.05) is 19.1 Å². The Labute approximate surface area is 175 Å². The van der Waals surface area contributed by atoms with Crippen molar-refractivity contribution in [3.63, 3.8) is 0 Å². The second-order valence-electron chi connectivity index (χ2n) is 7.15. The van der Waals surface area contributed by atoms with Crippen LogP contribution in [0.3, 0.4) is 0 Å². The molecule has 0 saturated heterocycles. The molecule has 1 atom stereocenters. The highest BCUT2D eigenvalue weighted by Crippen LogP contribution is 2.18.